The van der Waals surface area contributed by atoms with E-state index in [9.17, 15) is 43.5 Å². The number of alkyl halides is 3. The summed E-state index contributed by atoms with van der Waals surface area (Å²) in [6, 6.07) is 0. The van der Waals surface area contributed by atoms with Crippen LogP contribution in [-0.2, 0) is 21.4 Å². The number of carboxylic acid groups (broad SMARTS) is 1. The minimum Gasteiger partial charge on any atom is -0.475 e. The van der Waals surface area contributed by atoms with Crippen LogP contribution in [0.5, 0.6) is 0 Å². The van der Waals surface area contributed by atoms with Crippen molar-refractivity contribution < 1.29 is 53.4 Å². The molecule has 1 fully saturated rings. The van der Waals surface area contributed by atoms with Gasteiger partial charge in [0.2, 0.25) is 15.8 Å². The van der Waals surface area contributed by atoms with Crippen LogP contribution in [0.25, 0.3) is 0 Å². The Morgan fingerprint density at radius 1 is 1.03 bits per heavy atom. The van der Waals surface area contributed by atoms with Gasteiger partial charge >= 0.3 is 12.1 Å². The molecule has 0 aliphatic carbocycles. The molecular formula is C14H10F8N4O4S2. The zero-order valence-corrected chi connectivity index (χ0v) is 16.7. The Hall–Kier alpha value is -2.44. The van der Waals surface area contributed by atoms with E-state index in [0.717, 1.165) is 11.3 Å². The van der Waals surface area contributed by atoms with Gasteiger partial charge in [-0.2, -0.15) is 13.2 Å². The summed E-state index contributed by atoms with van der Waals surface area (Å²) < 4.78 is 124. The average Bonchev–Trinajstić information content (AvgIpc) is 3.10. The molecule has 0 amide bonds. The van der Waals surface area contributed by atoms with E-state index in [1.807, 2.05) is 0 Å². The van der Waals surface area contributed by atoms with Gasteiger partial charge in [-0.3, -0.25) is 0 Å². The maximum Gasteiger partial charge on any atom is 0.490 e. The number of aliphatic carboxylic acids is 1. The summed E-state index contributed by atoms with van der Waals surface area (Å²) in [5, 5.41) is 18.6. The molecule has 2 aromatic rings. The maximum absolute atomic E-state index is 13.6. The fraction of sp³-hybridized carbons (Fsp3) is 0.357. The number of nitrogens with zero attached hydrogens (tertiary/aromatic N) is 2. The highest BCUT2D eigenvalue weighted by Gasteiger charge is 2.38. The monoisotopic (exact) mass is 514 g/mol. The number of halogens is 8. The molecule has 0 spiro atoms. The third-order valence-corrected chi connectivity index (χ3v) is 6.21. The third-order valence-electron chi connectivity index (χ3n) is 3.71. The molecule has 8 nitrogen and oxygen atoms in total. The molecule has 0 atom stereocenters. The number of rotatable bonds is 5. The van der Waals surface area contributed by atoms with Crippen LogP contribution in [0.15, 0.2) is 4.90 Å². The Balaban J connectivity index is 0.000000451. The molecule has 0 saturated carbocycles. The highest BCUT2D eigenvalue weighted by molar-refractivity contribution is 7.89. The van der Waals surface area contributed by atoms with E-state index < -0.39 is 62.7 Å². The lowest BCUT2D eigenvalue weighted by atomic mass is 10.1. The van der Waals surface area contributed by atoms with Crippen LogP contribution in [0.1, 0.15) is 15.9 Å². The number of carbonyl (C=O) groups is 1. The Labute approximate surface area is 177 Å². The van der Waals surface area contributed by atoms with Crippen LogP contribution in [-0.4, -0.2) is 49.0 Å². The largest absolute Gasteiger partial charge is 0.490 e. The highest BCUT2D eigenvalue weighted by atomic mass is 32.2. The lowest BCUT2D eigenvalue weighted by Crippen LogP contribution is -2.39. The number of benzene rings is 1. The van der Waals surface area contributed by atoms with Gasteiger partial charge in [-0.05, 0) is 0 Å². The molecule has 178 valence electrons. The SMILES string of the molecule is O=C(O)C(F)(F)F.O=S(=O)(NCc1nnc(C2CNC2)s1)c1c(F)c(F)c(F)c(F)c1F. The Morgan fingerprint density at radius 2 is 1.50 bits per heavy atom. The smallest absolute Gasteiger partial charge is 0.475 e. The molecule has 1 aliphatic heterocycles. The number of sulfonamides is 1. The lowest BCUT2D eigenvalue weighted by molar-refractivity contribution is -0.192. The fourth-order valence-electron chi connectivity index (χ4n) is 2.02. The van der Waals surface area contributed by atoms with Crippen molar-refractivity contribution in [2.24, 2.45) is 0 Å². The summed E-state index contributed by atoms with van der Waals surface area (Å²) >= 11 is 1.09. The summed E-state index contributed by atoms with van der Waals surface area (Å²) in [5.74, 6) is -14.6. The fourth-order valence-corrected chi connectivity index (χ4v) is 4.11. The van der Waals surface area contributed by atoms with Crippen LogP contribution < -0.4 is 10.0 Å². The molecule has 1 saturated heterocycles. The van der Waals surface area contributed by atoms with Crippen molar-refractivity contribution in [3.8, 4) is 0 Å². The second kappa shape index (κ2) is 9.59. The van der Waals surface area contributed by atoms with E-state index in [2.05, 4.69) is 15.5 Å². The number of hydrogen-bond acceptors (Lipinski definition) is 7. The molecule has 3 N–H and O–H groups in total. The topological polar surface area (TPSA) is 121 Å². The van der Waals surface area contributed by atoms with Crippen LogP contribution in [0.3, 0.4) is 0 Å². The third kappa shape index (κ3) is 5.67. The normalized spacial score (nSPS) is 14.5. The summed E-state index contributed by atoms with van der Waals surface area (Å²) in [6.07, 6.45) is -5.08. The van der Waals surface area contributed by atoms with Crippen molar-refractivity contribution in [3.63, 3.8) is 0 Å². The van der Waals surface area contributed by atoms with Crippen molar-refractivity contribution in [1.29, 1.82) is 0 Å². The molecule has 32 heavy (non-hydrogen) atoms. The van der Waals surface area contributed by atoms with Gasteiger partial charge in [-0.1, -0.05) is 11.3 Å². The number of aromatic nitrogens is 2. The van der Waals surface area contributed by atoms with Gasteiger partial charge in [0.05, 0.1) is 6.54 Å². The minimum atomic E-state index is -5.08. The van der Waals surface area contributed by atoms with Crippen molar-refractivity contribution >= 4 is 27.3 Å². The lowest BCUT2D eigenvalue weighted by Gasteiger charge is -2.23. The Kier molecular flexibility index (Phi) is 7.74. The van der Waals surface area contributed by atoms with E-state index in [4.69, 9.17) is 9.90 Å². The molecule has 2 heterocycles. The molecule has 1 aromatic carbocycles. The van der Waals surface area contributed by atoms with E-state index in [0.29, 0.717) is 18.1 Å². The number of carboxylic acids is 1. The average molecular weight is 514 g/mol. The molecule has 1 aromatic heterocycles. The van der Waals surface area contributed by atoms with E-state index >= 15 is 0 Å². The number of hydrogen-bond donors (Lipinski definition) is 3. The first-order chi connectivity index (χ1) is 14.7. The second-order valence-electron chi connectivity index (χ2n) is 5.92. The van der Waals surface area contributed by atoms with Crippen molar-refractivity contribution in [2.45, 2.75) is 23.5 Å². The molecule has 3 rings (SSSR count). The van der Waals surface area contributed by atoms with Gasteiger partial charge in [0, 0.05) is 19.0 Å². The van der Waals surface area contributed by atoms with E-state index in [1.54, 1.807) is 4.72 Å². The molecule has 0 unspecified atom stereocenters. The van der Waals surface area contributed by atoms with Crippen LogP contribution in [0.4, 0.5) is 35.1 Å². The highest BCUT2D eigenvalue weighted by Crippen LogP contribution is 2.27. The minimum absolute atomic E-state index is 0.151. The van der Waals surface area contributed by atoms with Crippen LogP contribution >= 0.6 is 11.3 Å². The first kappa shape index (κ1) is 25.8. The van der Waals surface area contributed by atoms with Crippen molar-refractivity contribution in [2.75, 3.05) is 13.1 Å². The van der Waals surface area contributed by atoms with Gasteiger partial charge in [0.15, 0.2) is 28.2 Å². The first-order valence-electron chi connectivity index (χ1n) is 8.01. The molecule has 1 aliphatic rings. The summed E-state index contributed by atoms with van der Waals surface area (Å²) in [7, 11) is -5.00. The van der Waals surface area contributed by atoms with Gasteiger partial charge in [-0.15, -0.1) is 10.2 Å². The van der Waals surface area contributed by atoms with Crippen molar-refractivity contribution in [3.05, 3.63) is 39.1 Å². The van der Waals surface area contributed by atoms with E-state index in [1.165, 1.54) is 0 Å². The maximum atomic E-state index is 13.6. The zero-order valence-electron chi connectivity index (χ0n) is 15.1. The first-order valence-corrected chi connectivity index (χ1v) is 10.3. The quantitative estimate of drug-likeness (QED) is 0.317. The molecule has 0 bridgehead atoms. The molecule has 0 radical (unpaired) electrons. The summed E-state index contributed by atoms with van der Waals surface area (Å²) in [5.41, 5.74) is 0. The van der Waals surface area contributed by atoms with Crippen LogP contribution in [0, 0.1) is 29.1 Å². The summed E-state index contributed by atoms with van der Waals surface area (Å²) in [4.78, 5) is 6.96. The second-order valence-corrected chi connectivity index (χ2v) is 8.71. The van der Waals surface area contributed by atoms with Gasteiger partial charge in [0.25, 0.3) is 0 Å². The van der Waals surface area contributed by atoms with E-state index in [-0.39, 0.29) is 10.9 Å². The van der Waals surface area contributed by atoms with Gasteiger partial charge in [0.1, 0.15) is 10.0 Å². The standard InChI is InChI=1S/C12H9F5N4O2S2.C2HF3O2/c13-6-7(14)9(16)11(10(17)8(6)15)25(22,23)19-3-5-20-21-12(24-5)4-1-18-2-4;3-2(4,5)1(6)7/h4,18-19H,1-3H2;(H,6,7). The predicted molar refractivity (Wildman–Crippen MR) is 89.5 cm³/mol. The predicted octanol–water partition coefficient (Wildman–Crippen LogP) is 2.03. The zero-order chi connectivity index (χ0) is 24.4. The summed E-state index contributed by atoms with van der Waals surface area (Å²) in [6.45, 7) is 0.898. The Bertz CT molecular complexity index is 1090. The van der Waals surface area contributed by atoms with Gasteiger partial charge in [-0.25, -0.2) is 39.9 Å². The Morgan fingerprint density at radius 3 is 1.91 bits per heavy atom. The number of nitrogens with one attached hydrogen (secondary N) is 2. The van der Waals surface area contributed by atoms with Gasteiger partial charge < -0.3 is 10.4 Å². The molecular weight excluding hydrogens is 504 g/mol. The van der Waals surface area contributed by atoms with Crippen LogP contribution in [0.2, 0.25) is 0 Å². The molecule has 18 heteroatoms. The van der Waals surface area contributed by atoms with Crippen molar-refractivity contribution in [1.82, 2.24) is 20.2 Å².